The van der Waals surface area contributed by atoms with Crippen LogP contribution in [0, 0.1) is 5.92 Å². The lowest BCUT2D eigenvalue weighted by Gasteiger charge is -2.44. The minimum atomic E-state index is -3.55. The van der Waals surface area contributed by atoms with Crippen molar-refractivity contribution in [3.63, 3.8) is 0 Å². The Morgan fingerprint density at radius 2 is 1.96 bits per heavy atom. The molecule has 0 aliphatic carbocycles. The maximum atomic E-state index is 13.0. The van der Waals surface area contributed by atoms with Crippen LogP contribution < -0.4 is 0 Å². The van der Waals surface area contributed by atoms with E-state index < -0.39 is 10.2 Å². The zero-order valence-electron chi connectivity index (χ0n) is 13.9. The number of piperidine rings is 1. The van der Waals surface area contributed by atoms with Crippen LogP contribution in [0.15, 0.2) is 30.3 Å². The molecule has 2 heterocycles. The molecule has 0 aromatic heterocycles. The predicted octanol–water partition coefficient (Wildman–Crippen LogP) is 1.95. The molecule has 0 N–H and O–H groups in total. The van der Waals surface area contributed by atoms with Gasteiger partial charge in [-0.2, -0.15) is 17.0 Å². The fourth-order valence-electron chi connectivity index (χ4n) is 3.40. The first-order valence-electron chi connectivity index (χ1n) is 8.52. The third-order valence-electron chi connectivity index (χ3n) is 4.78. The molecule has 0 bridgehead atoms. The summed E-state index contributed by atoms with van der Waals surface area (Å²) in [7, 11) is -3.55. The molecule has 24 heavy (non-hydrogen) atoms. The molecule has 1 aromatic rings. The molecule has 2 aliphatic heterocycles. The standard InChI is InChI=1S/C17H24N2O4S/c1-2-23-17(20)15-9-6-11-18(13-15)24(21,22)19-12-10-16(19)14-7-4-3-5-8-14/h3-5,7-8,15-16H,2,6,9-13H2,1H3/t15-,16+/m1/s1. The summed E-state index contributed by atoms with van der Waals surface area (Å²) in [6.45, 7) is 3.31. The van der Waals surface area contributed by atoms with E-state index in [0.717, 1.165) is 12.0 Å². The number of benzene rings is 1. The van der Waals surface area contributed by atoms with E-state index in [2.05, 4.69) is 0 Å². The molecule has 6 nitrogen and oxygen atoms in total. The predicted molar refractivity (Wildman–Crippen MR) is 90.4 cm³/mol. The first-order valence-corrected chi connectivity index (χ1v) is 9.92. The molecule has 0 unspecified atom stereocenters. The first kappa shape index (κ1) is 17.4. The highest BCUT2D eigenvalue weighted by Gasteiger charge is 2.43. The minimum absolute atomic E-state index is 0.0980. The van der Waals surface area contributed by atoms with Gasteiger partial charge in [0.25, 0.3) is 10.2 Å². The maximum Gasteiger partial charge on any atom is 0.310 e. The van der Waals surface area contributed by atoms with Gasteiger partial charge in [0.05, 0.1) is 18.6 Å². The van der Waals surface area contributed by atoms with E-state index in [-0.39, 0.29) is 24.5 Å². The average molecular weight is 352 g/mol. The summed E-state index contributed by atoms with van der Waals surface area (Å²) in [5, 5.41) is 0. The summed E-state index contributed by atoms with van der Waals surface area (Å²) in [6, 6.07) is 9.61. The van der Waals surface area contributed by atoms with E-state index in [1.54, 1.807) is 11.2 Å². The number of hydrogen-bond donors (Lipinski definition) is 0. The van der Waals surface area contributed by atoms with Gasteiger partial charge in [-0.3, -0.25) is 4.79 Å². The lowest BCUT2D eigenvalue weighted by atomic mass is 9.98. The molecule has 2 aliphatic rings. The van der Waals surface area contributed by atoms with Crippen molar-refractivity contribution < 1.29 is 17.9 Å². The maximum absolute atomic E-state index is 13.0. The Hall–Kier alpha value is -1.44. The van der Waals surface area contributed by atoms with Crippen LogP contribution in [0.25, 0.3) is 0 Å². The lowest BCUT2D eigenvalue weighted by molar-refractivity contribution is -0.149. The molecule has 132 valence electrons. The fraction of sp³-hybridized carbons (Fsp3) is 0.588. The fourth-order valence-corrected chi connectivity index (χ4v) is 5.31. The molecule has 0 saturated carbocycles. The Bertz CT molecular complexity index is 677. The van der Waals surface area contributed by atoms with Gasteiger partial charge in [-0.15, -0.1) is 0 Å². The van der Waals surface area contributed by atoms with Gasteiger partial charge in [0.2, 0.25) is 0 Å². The van der Waals surface area contributed by atoms with Gasteiger partial charge in [-0.1, -0.05) is 30.3 Å². The number of nitrogens with zero attached hydrogens (tertiary/aromatic N) is 2. The molecule has 1 aromatic carbocycles. The van der Waals surface area contributed by atoms with E-state index in [0.29, 0.717) is 32.5 Å². The Morgan fingerprint density at radius 1 is 1.21 bits per heavy atom. The summed E-state index contributed by atoms with van der Waals surface area (Å²) in [6.07, 6.45) is 2.21. The van der Waals surface area contributed by atoms with Crippen LogP contribution in [-0.4, -0.2) is 49.2 Å². The second-order valence-corrected chi connectivity index (χ2v) is 8.16. The number of carbonyl (C=O) groups excluding carboxylic acids is 1. The molecule has 0 amide bonds. The van der Waals surface area contributed by atoms with Crippen molar-refractivity contribution in [1.29, 1.82) is 0 Å². The van der Waals surface area contributed by atoms with Crippen molar-refractivity contribution in [2.75, 3.05) is 26.2 Å². The SMILES string of the molecule is CCOC(=O)[C@@H]1CCCN(S(=O)(=O)N2CC[C@H]2c2ccccc2)C1. The summed E-state index contributed by atoms with van der Waals surface area (Å²) >= 11 is 0. The van der Waals surface area contributed by atoms with Crippen LogP contribution in [0.4, 0.5) is 0 Å². The Morgan fingerprint density at radius 3 is 2.58 bits per heavy atom. The van der Waals surface area contributed by atoms with E-state index >= 15 is 0 Å². The molecular formula is C17H24N2O4S. The monoisotopic (exact) mass is 352 g/mol. The third-order valence-corrected chi connectivity index (χ3v) is 6.80. The van der Waals surface area contributed by atoms with Gasteiger partial charge in [-0.25, -0.2) is 0 Å². The molecule has 7 heteroatoms. The van der Waals surface area contributed by atoms with Crippen LogP contribution in [0.5, 0.6) is 0 Å². The molecule has 3 rings (SSSR count). The van der Waals surface area contributed by atoms with Crippen molar-refractivity contribution in [2.45, 2.75) is 32.2 Å². The van der Waals surface area contributed by atoms with Gasteiger partial charge in [0, 0.05) is 19.6 Å². The second-order valence-electron chi connectivity index (χ2n) is 6.28. The second kappa shape index (κ2) is 7.21. The largest absolute Gasteiger partial charge is 0.466 e. The smallest absolute Gasteiger partial charge is 0.310 e. The number of hydrogen-bond acceptors (Lipinski definition) is 4. The normalized spacial score (nSPS) is 25.9. The van der Waals surface area contributed by atoms with E-state index in [9.17, 15) is 13.2 Å². The number of carbonyl (C=O) groups is 1. The Balaban J connectivity index is 1.72. The summed E-state index contributed by atoms with van der Waals surface area (Å²) in [5.74, 6) is -0.648. The van der Waals surface area contributed by atoms with Crippen LogP contribution >= 0.6 is 0 Å². The lowest BCUT2D eigenvalue weighted by Crippen LogP contribution is -2.54. The van der Waals surface area contributed by atoms with Gasteiger partial charge in [0.15, 0.2) is 0 Å². The highest BCUT2D eigenvalue weighted by molar-refractivity contribution is 7.86. The van der Waals surface area contributed by atoms with E-state index in [1.165, 1.54) is 4.31 Å². The number of rotatable bonds is 5. The van der Waals surface area contributed by atoms with Crippen LogP contribution in [0.2, 0.25) is 0 Å². The van der Waals surface area contributed by atoms with Crippen molar-refractivity contribution in [1.82, 2.24) is 8.61 Å². The average Bonchev–Trinajstić information content (AvgIpc) is 2.55. The molecule has 0 spiro atoms. The van der Waals surface area contributed by atoms with Gasteiger partial charge in [0.1, 0.15) is 0 Å². The summed E-state index contributed by atoms with van der Waals surface area (Å²) < 4.78 is 34.0. The van der Waals surface area contributed by atoms with Crippen LogP contribution in [0.1, 0.15) is 37.8 Å². The van der Waals surface area contributed by atoms with Crippen molar-refractivity contribution in [2.24, 2.45) is 5.92 Å². The highest BCUT2D eigenvalue weighted by Crippen LogP contribution is 2.37. The Labute approximate surface area is 143 Å². The van der Waals surface area contributed by atoms with E-state index in [4.69, 9.17) is 4.74 Å². The summed E-state index contributed by atoms with van der Waals surface area (Å²) in [4.78, 5) is 12.0. The molecule has 2 fully saturated rings. The topological polar surface area (TPSA) is 66.9 Å². The van der Waals surface area contributed by atoms with Crippen molar-refractivity contribution in [3.8, 4) is 0 Å². The van der Waals surface area contributed by atoms with Gasteiger partial charge in [-0.05, 0) is 31.7 Å². The number of ether oxygens (including phenoxy) is 1. The molecule has 2 atom stereocenters. The van der Waals surface area contributed by atoms with Gasteiger partial charge < -0.3 is 4.74 Å². The summed E-state index contributed by atoms with van der Waals surface area (Å²) in [5.41, 5.74) is 1.02. The zero-order chi connectivity index (χ0) is 17.2. The third kappa shape index (κ3) is 3.34. The molecule has 0 radical (unpaired) electrons. The highest BCUT2D eigenvalue weighted by atomic mass is 32.2. The van der Waals surface area contributed by atoms with Crippen molar-refractivity contribution >= 4 is 16.2 Å². The van der Waals surface area contributed by atoms with Crippen molar-refractivity contribution in [3.05, 3.63) is 35.9 Å². The Kier molecular flexibility index (Phi) is 5.22. The van der Waals surface area contributed by atoms with Crippen LogP contribution in [0.3, 0.4) is 0 Å². The van der Waals surface area contributed by atoms with Gasteiger partial charge >= 0.3 is 5.97 Å². The van der Waals surface area contributed by atoms with E-state index in [1.807, 2.05) is 30.3 Å². The number of esters is 1. The molecule has 2 saturated heterocycles. The first-order chi connectivity index (χ1) is 11.5. The zero-order valence-corrected chi connectivity index (χ0v) is 14.7. The van der Waals surface area contributed by atoms with Crippen LogP contribution in [-0.2, 0) is 19.7 Å². The minimum Gasteiger partial charge on any atom is -0.466 e. The molecular weight excluding hydrogens is 328 g/mol. The quantitative estimate of drug-likeness (QED) is 0.760.